The standard InChI is InChI=1S/C18H26O5/c1-12(2)17(20)21-6-5-16(19)22-11-23-18-8-13-3-4-14(9-18)15(7-13)10-18/h13-15H,1,3-11H2,2H3. The minimum Gasteiger partial charge on any atom is -0.462 e. The van der Waals surface area contributed by atoms with Gasteiger partial charge in [-0.05, 0) is 56.8 Å². The molecule has 0 aromatic rings. The summed E-state index contributed by atoms with van der Waals surface area (Å²) in [5.41, 5.74) is 0.269. The lowest BCUT2D eigenvalue weighted by Gasteiger charge is -2.39. The molecule has 0 N–H and O–H groups in total. The van der Waals surface area contributed by atoms with E-state index in [0.29, 0.717) is 5.57 Å². The molecule has 3 fully saturated rings. The van der Waals surface area contributed by atoms with E-state index in [0.717, 1.165) is 37.0 Å². The number of esters is 2. The number of carbonyl (C=O) groups excluding carboxylic acids is 2. The van der Waals surface area contributed by atoms with Gasteiger partial charge in [0.15, 0.2) is 6.79 Å². The summed E-state index contributed by atoms with van der Waals surface area (Å²) >= 11 is 0. The molecule has 5 heteroatoms. The number of rotatable bonds is 7. The van der Waals surface area contributed by atoms with E-state index < -0.39 is 11.9 Å². The highest BCUT2D eigenvalue weighted by Crippen LogP contribution is 2.58. The second kappa shape index (κ2) is 6.63. The van der Waals surface area contributed by atoms with Crippen LogP contribution in [0.1, 0.15) is 51.9 Å². The number of hydrogen-bond donors (Lipinski definition) is 0. The molecular weight excluding hydrogens is 296 g/mol. The van der Waals surface area contributed by atoms with Crippen LogP contribution in [-0.4, -0.2) is 30.9 Å². The van der Waals surface area contributed by atoms with Gasteiger partial charge in [-0.2, -0.15) is 0 Å². The second-order valence-corrected chi connectivity index (χ2v) is 7.44. The van der Waals surface area contributed by atoms with Crippen LogP contribution < -0.4 is 0 Å². The largest absolute Gasteiger partial charge is 0.462 e. The van der Waals surface area contributed by atoms with E-state index in [1.54, 1.807) is 6.92 Å². The summed E-state index contributed by atoms with van der Waals surface area (Å²) in [5.74, 6) is 1.54. The van der Waals surface area contributed by atoms with Crippen molar-refractivity contribution >= 4 is 11.9 Å². The minimum absolute atomic E-state index is 0.0133. The van der Waals surface area contributed by atoms with E-state index in [2.05, 4.69) is 6.58 Å². The lowest BCUT2D eigenvalue weighted by molar-refractivity contribution is -0.178. The molecule has 0 aromatic heterocycles. The summed E-state index contributed by atoms with van der Waals surface area (Å²) in [6.07, 6.45) is 7.46. The summed E-state index contributed by atoms with van der Waals surface area (Å²) in [5, 5.41) is 0. The van der Waals surface area contributed by atoms with E-state index in [4.69, 9.17) is 14.2 Å². The lowest BCUT2D eigenvalue weighted by Crippen LogP contribution is -2.37. The van der Waals surface area contributed by atoms with Crippen molar-refractivity contribution in [2.45, 2.75) is 57.5 Å². The summed E-state index contributed by atoms with van der Waals surface area (Å²) < 4.78 is 16.0. The van der Waals surface area contributed by atoms with Gasteiger partial charge in [0.05, 0.1) is 12.0 Å². The Kier molecular flexibility index (Phi) is 4.76. The smallest absolute Gasteiger partial charge is 0.333 e. The van der Waals surface area contributed by atoms with Gasteiger partial charge in [-0.15, -0.1) is 0 Å². The second-order valence-electron chi connectivity index (χ2n) is 7.44. The van der Waals surface area contributed by atoms with E-state index in [1.807, 2.05) is 0 Å². The van der Waals surface area contributed by atoms with Crippen LogP contribution in [0.5, 0.6) is 0 Å². The van der Waals surface area contributed by atoms with Gasteiger partial charge < -0.3 is 14.2 Å². The SMILES string of the molecule is C=C(C)C(=O)OCCC(=O)OCOC12CC3CCC(C1)C(C3)C2. The maximum atomic E-state index is 11.7. The third kappa shape index (κ3) is 3.77. The van der Waals surface area contributed by atoms with Gasteiger partial charge >= 0.3 is 11.9 Å². The molecule has 0 amide bonds. The Morgan fingerprint density at radius 2 is 1.91 bits per heavy atom. The average Bonchev–Trinajstić information content (AvgIpc) is 2.66. The monoisotopic (exact) mass is 322 g/mol. The van der Waals surface area contributed by atoms with Crippen molar-refractivity contribution in [1.29, 1.82) is 0 Å². The Labute approximate surface area is 137 Å². The van der Waals surface area contributed by atoms with Crippen molar-refractivity contribution < 1.29 is 23.8 Å². The summed E-state index contributed by atoms with van der Waals surface area (Å²) in [6.45, 7) is 5.08. The summed E-state index contributed by atoms with van der Waals surface area (Å²) in [7, 11) is 0. The molecule has 3 bridgehead atoms. The molecule has 0 radical (unpaired) electrons. The normalized spacial score (nSPS) is 34.2. The van der Waals surface area contributed by atoms with Gasteiger partial charge in [-0.3, -0.25) is 4.79 Å². The fourth-order valence-electron chi connectivity index (χ4n) is 4.68. The minimum atomic E-state index is -0.484. The van der Waals surface area contributed by atoms with Gasteiger partial charge in [0, 0.05) is 5.57 Å². The number of hydrogen-bond acceptors (Lipinski definition) is 5. The molecule has 4 unspecified atom stereocenters. The van der Waals surface area contributed by atoms with Crippen LogP contribution in [0.25, 0.3) is 0 Å². The zero-order valence-electron chi connectivity index (χ0n) is 13.8. The lowest BCUT2D eigenvalue weighted by atomic mass is 9.71. The van der Waals surface area contributed by atoms with Gasteiger partial charge in [0.1, 0.15) is 6.61 Å². The van der Waals surface area contributed by atoms with Gasteiger partial charge in [0.2, 0.25) is 0 Å². The highest BCUT2D eigenvalue weighted by atomic mass is 16.7. The number of ether oxygens (including phenoxy) is 3. The molecule has 5 nitrogen and oxygen atoms in total. The van der Waals surface area contributed by atoms with Gasteiger partial charge in [-0.1, -0.05) is 13.0 Å². The maximum Gasteiger partial charge on any atom is 0.333 e. The molecule has 0 spiro atoms. The fraction of sp³-hybridized carbons (Fsp3) is 0.778. The van der Waals surface area contributed by atoms with Gasteiger partial charge in [-0.25, -0.2) is 4.79 Å². The highest BCUT2D eigenvalue weighted by molar-refractivity contribution is 5.87. The zero-order chi connectivity index (χ0) is 16.4. The Balaban J connectivity index is 1.36. The van der Waals surface area contributed by atoms with Crippen molar-refractivity contribution in [1.82, 2.24) is 0 Å². The number of carbonyl (C=O) groups is 2. The molecule has 0 aliphatic heterocycles. The van der Waals surface area contributed by atoms with E-state index in [9.17, 15) is 9.59 Å². The van der Waals surface area contributed by atoms with Crippen molar-refractivity contribution in [3.05, 3.63) is 12.2 Å². The molecule has 0 aromatic carbocycles. The molecule has 3 rings (SSSR count). The average molecular weight is 322 g/mol. The van der Waals surface area contributed by atoms with Crippen molar-refractivity contribution in [2.75, 3.05) is 13.4 Å². The molecule has 23 heavy (non-hydrogen) atoms. The van der Waals surface area contributed by atoms with Crippen LogP contribution in [0.15, 0.2) is 12.2 Å². The topological polar surface area (TPSA) is 61.8 Å². The molecule has 3 saturated carbocycles. The molecule has 3 aliphatic rings. The zero-order valence-corrected chi connectivity index (χ0v) is 13.8. The predicted molar refractivity (Wildman–Crippen MR) is 83.3 cm³/mol. The summed E-state index contributed by atoms with van der Waals surface area (Å²) in [6, 6.07) is 0. The van der Waals surface area contributed by atoms with Crippen molar-refractivity contribution in [3.63, 3.8) is 0 Å². The molecule has 0 heterocycles. The number of fused-ring (bicyclic) bond motifs is 2. The first-order valence-corrected chi connectivity index (χ1v) is 8.60. The van der Waals surface area contributed by atoms with Crippen LogP contribution in [0, 0.1) is 17.8 Å². The Morgan fingerprint density at radius 3 is 2.70 bits per heavy atom. The van der Waals surface area contributed by atoms with Crippen LogP contribution in [0.4, 0.5) is 0 Å². The van der Waals surface area contributed by atoms with E-state index in [-0.39, 0.29) is 25.4 Å². The molecular formula is C18H26O5. The first-order chi connectivity index (χ1) is 11.0. The quantitative estimate of drug-likeness (QED) is 0.410. The fourth-order valence-corrected chi connectivity index (χ4v) is 4.68. The maximum absolute atomic E-state index is 11.7. The molecule has 3 aliphatic carbocycles. The molecule has 0 saturated heterocycles. The summed E-state index contributed by atoms with van der Waals surface area (Å²) in [4.78, 5) is 22.9. The van der Waals surface area contributed by atoms with E-state index >= 15 is 0 Å². The first kappa shape index (κ1) is 16.5. The van der Waals surface area contributed by atoms with Crippen LogP contribution >= 0.6 is 0 Å². The third-order valence-corrected chi connectivity index (χ3v) is 5.65. The Bertz CT molecular complexity index is 496. The van der Waals surface area contributed by atoms with Crippen molar-refractivity contribution in [2.24, 2.45) is 17.8 Å². The molecule has 128 valence electrons. The van der Waals surface area contributed by atoms with Crippen molar-refractivity contribution in [3.8, 4) is 0 Å². The van der Waals surface area contributed by atoms with Crippen LogP contribution in [-0.2, 0) is 23.8 Å². The third-order valence-electron chi connectivity index (χ3n) is 5.65. The van der Waals surface area contributed by atoms with E-state index in [1.165, 1.54) is 19.3 Å². The van der Waals surface area contributed by atoms with Crippen LogP contribution in [0.2, 0.25) is 0 Å². The van der Waals surface area contributed by atoms with Crippen LogP contribution in [0.3, 0.4) is 0 Å². The predicted octanol–water partition coefficient (Wildman–Crippen LogP) is 2.98. The first-order valence-electron chi connectivity index (χ1n) is 8.60. The highest BCUT2D eigenvalue weighted by Gasteiger charge is 2.53. The Morgan fingerprint density at radius 1 is 1.13 bits per heavy atom. The van der Waals surface area contributed by atoms with Gasteiger partial charge in [0.25, 0.3) is 0 Å². The molecule has 4 atom stereocenters. The Hall–Kier alpha value is -1.36.